The van der Waals surface area contributed by atoms with E-state index in [9.17, 15) is 22.4 Å². The number of nitrogens with one attached hydrogen (secondary N) is 1. The van der Waals surface area contributed by atoms with Gasteiger partial charge in [-0.05, 0) is 31.0 Å². The van der Waals surface area contributed by atoms with Crippen molar-refractivity contribution in [3.8, 4) is 5.69 Å². The van der Waals surface area contributed by atoms with E-state index in [2.05, 4.69) is 20.2 Å². The highest BCUT2D eigenvalue weighted by atomic mass is 19.4. The topological polar surface area (TPSA) is 76.5 Å². The van der Waals surface area contributed by atoms with Crippen LogP contribution in [0.15, 0.2) is 35.4 Å². The molecule has 0 aliphatic heterocycles. The van der Waals surface area contributed by atoms with Crippen LogP contribution < -0.4 is 5.56 Å². The SMILES string of the molecule is O=c1c2[nH]ncc2c2cc(F)c(C(F)(F)F)nc2n1-c1cccnc1C1CC1. The third kappa shape index (κ3) is 2.40. The van der Waals surface area contributed by atoms with E-state index in [1.165, 1.54) is 6.20 Å². The molecule has 0 atom stereocenters. The summed E-state index contributed by atoms with van der Waals surface area (Å²) < 4.78 is 55.0. The standard InChI is InChI=1S/C18H11F4N5O/c19-11-6-9-10-7-24-26-14(10)17(28)27(16(9)25-15(11)18(20,21)22)12-2-1-5-23-13(12)8-3-4-8/h1-2,5-8H,3-4H2,(H,24,26). The third-order valence-electron chi connectivity index (χ3n) is 4.80. The molecule has 10 heteroatoms. The Labute approximate surface area is 153 Å². The maximum absolute atomic E-state index is 14.2. The van der Waals surface area contributed by atoms with Gasteiger partial charge in [0.25, 0.3) is 5.56 Å². The van der Waals surface area contributed by atoms with Crippen LogP contribution in [-0.4, -0.2) is 24.7 Å². The zero-order chi connectivity index (χ0) is 19.6. The predicted molar refractivity (Wildman–Crippen MR) is 91.7 cm³/mol. The highest BCUT2D eigenvalue weighted by molar-refractivity contribution is 6.03. The van der Waals surface area contributed by atoms with Crippen molar-refractivity contribution >= 4 is 21.9 Å². The molecule has 0 amide bonds. The lowest BCUT2D eigenvalue weighted by molar-refractivity contribution is -0.143. The molecule has 142 valence electrons. The smallest absolute Gasteiger partial charge is 0.272 e. The van der Waals surface area contributed by atoms with Gasteiger partial charge in [0.05, 0.1) is 17.6 Å². The van der Waals surface area contributed by atoms with E-state index in [-0.39, 0.29) is 27.9 Å². The van der Waals surface area contributed by atoms with Gasteiger partial charge in [-0.25, -0.2) is 9.37 Å². The number of alkyl halides is 3. The summed E-state index contributed by atoms with van der Waals surface area (Å²) in [6.45, 7) is 0. The molecule has 1 aliphatic carbocycles. The van der Waals surface area contributed by atoms with Gasteiger partial charge in [0, 0.05) is 22.9 Å². The van der Waals surface area contributed by atoms with Crippen LogP contribution in [0.25, 0.3) is 27.6 Å². The number of hydrogen-bond acceptors (Lipinski definition) is 4. The molecule has 6 nitrogen and oxygen atoms in total. The molecular formula is C18H11F4N5O. The number of rotatable bonds is 2. The summed E-state index contributed by atoms with van der Waals surface area (Å²) in [7, 11) is 0. The van der Waals surface area contributed by atoms with Gasteiger partial charge in [0.15, 0.2) is 11.5 Å². The van der Waals surface area contributed by atoms with Crippen molar-refractivity contribution in [2.45, 2.75) is 24.9 Å². The lowest BCUT2D eigenvalue weighted by atomic mass is 10.1. The minimum atomic E-state index is -5.00. The van der Waals surface area contributed by atoms with E-state index in [1.807, 2.05) is 0 Å². The summed E-state index contributed by atoms with van der Waals surface area (Å²) in [6.07, 6.45) is -0.424. The van der Waals surface area contributed by atoms with Crippen molar-refractivity contribution in [3.63, 3.8) is 0 Å². The highest BCUT2D eigenvalue weighted by Crippen LogP contribution is 2.42. The zero-order valence-corrected chi connectivity index (χ0v) is 14.1. The lowest BCUT2D eigenvalue weighted by Crippen LogP contribution is -2.23. The molecule has 4 aromatic heterocycles. The van der Waals surface area contributed by atoms with Crippen LogP contribution in [0.5, 0.6) is 0 Å². The lowest BCUT2D eigenvalue weighted by Gasteiger charge is -2.15. The Hall–Kier alpha value is -3.30. The van der Waals surface area contributed by atoms with Crippen molar-refractivity contribution in [2.24, 2.45) is 0 Å². The van der Waals surface area contributed by atoms with Crippen LogP contribution in [0.1, 0.15) is 30.1 Å². The maximum Gasteiger partial charge on any atom is 0.436 e. The number of aromatic nitrogens is 5. The van der Waals surface area contributed by atoms with Crippen molar-refractivity contribution in [2.75, 3.05) is 0 Å². The number of nitrogens with zero attached hydrogens (tertiary/aromatic N) is 4. The molecule has 0 bridgehead atoms. The van der Waals surface area contributed by atoms with Gasteiger partial charge in [-0.15, -0.1) is 0 Å². The molecule has 0 aromatic carbocycles. The Morgan fingerprint density at radius 3 is 2.71 bits per heavy atom. The first kappa shape index (κ1) is 16.8. The second-order valence-corrected chi connectivity index (χ2v) is 6.67. The molecule has 1 saturated carbocycles. The Balaban J connectivity index is 1.97. The van der Waals surface area contributed by atoms with Gasteiger partial charge in [0.1, 0.15) is 11.2 Å². The fraction of sp³-hybridized carbons (Fsp3) is 0.222. The van der Waals surface area contributed by atoms with Crippen molar-refractivity contribution in [1.82, 2.24) is 24.7 Å². The van der Waals surface area contributed by atoms with E-state index in [0.717, 1.165) is 23.5 Å². The molecule has 4 heterocycles. The summed E-state index contributed by atoms with van der Waals surface area (Å²) in [6, 6.07) is 3.93. The molecule has 0 saturated heterocycles. The van der Waals surface area contributed by atoms with Gasteiger partial charge in [0.2, 0.25) is 0 Å². The zero-order valence-electron chi connectivity index (χ0n) is 14.1. The van der Waals surface area contributed by atoms with Crippen LogP contribution in [-0.2, 0) is 6.18 Å². The molecular weight excluding hydrogens is 378 g/mol. The Morgan fingerprint density at radius 2 is 2.00 bits per heavy atom. The molecule has 1 aliphatic rings. The quantitative estimate of drug-likeness (QED) is 0.531. The normalized spacial score (nSPS) is 14.9. The van der Waals surface area contributed by atoms with E-state index in [1.54, 1.807) is 18.3 Å². The van der Waals surface area contributed by atoms with Crippen LogP contribution in [0, 0.1) is 5.82 Å². The van der Waals surface area contributed by atoms with Crippen LogP contribution >= 0.6 is 0 Å². The monoisotopic (exact) mass is 389 g/mol. The summed E-state index contributed by atoms with van der Waals surface area (Å²) in [5, 5.41) is 6.59. The molecule has 1 fully saturated rings. The number of H-pyrrole nitrogens is 1. The minimum absolute atomic E-state index is 0.0547. The number of aromatic amines is 1. The first-order valence-corrected chi connectivity index (χ1v) is 8.47. The Kier molecular flexibility index (Phi) is 3.37. The van der Waals surface area contributed by atoms with Gasteiger partial charge in [-0.1, -0.05) is 0 Å². The fourth-order valence-electron chi connectivity index (χ4n) is 3.40. The van der Waals surface area contributed by atoms with Gasteiger partial charge >= 0.3 is 6.18 Å². The number of halogens is 4. The molecule has 5 rings (SSSR count). The number of fused-ring (bicyclic) bond motifs is 3. The molecule has 4 aromatic rings. The van der Waals surface area contributed by atoms with Crippen LogP contribution in [0.3, 0.4) is 0 Å². The molecule has 28 heavy (non-hydrogen) atoms. The van der Waals surface area contributed by atoms with E-state index < -0.39 is 23.2 Å². The van der Waals surface area contributed by atoms with Gasteiger partial charge in [-0.2, -0.15) is 18.3 Å². The van der Waals surface area contributed by atoms with Crippen LogP contribution in [0.2, 0.25) is 0 Å². The third-order valence-corrected chi connectivity index (χ3v) is 4.80. The van der Waals surface area contributed by atoms with Gasteiger partial charge < -0.3 is 0 Å². The molecule has 1 N–H and O–H groups in total. The van der Waals surface area contributed by atoms with Crippen molar-refractivity contribution < 1.29 is 17.6 Å². The Morgan fingerprint density at radius 1 is 1.21 bits per heavy atom. The summed E-state index contributed by atoms with van der Waals surface area (Å²) in [4.78, 5) is 20.9. The van der Waals surface area contributed by atoms with Crippen LogP contribution in [0.4, 0.5) is 17.6 Å². The average molecular weight is 389 g/mol. The fourth-order valence-corrected chi connectivity index (χ4v) is 3.40. The van der Waals surface area contributed by atoms with Crippen molar-refractivity contribution in [1.29, 1.82) is 0 Å². The van der Waals surface area contributed by atoms with E-state index in [0.29, 0.717) is 11.4 Å². The largest absolute Gasteiger partial charge is 0.436 e. The first-order chi connectivity index (χ1) is 13.4. The number of pyridine rings is 3. The highest BCUT2D eigenvalue weighted by Gasteiger charge is 2.37. The van der Waals surface area contributed by atoms with E-state index >= 15 is 0 Å². The second-order valence-electron chi connectivity index (χ2n) is 6.67. The van der Waals surface area contributed by atoms with E-state index in [4.69, 9.17) is 0 Å². The first-order valence-electron chi connectivity index (χ1n) is 8.47. The van der Waals surface area contributed by atoms with Gasteiger partial charge in [-0.3, -0.25) is 19.4 Å². The minimum Gasteiger partial charge on any atom is -0.272 e. The van der Waals surface area contributed by atoms with Crippen molar-refractivity contribution in [3.05, 3.63) is 58.2 Å². The summed E-state index contributed by atoms with van der Waals surface area (Å²) >= 11 is 0. The number of hydrogen-bond donors (Lipinski definition) is 1. The molecule has 0 radical (unpaired) electrons. The summed E-state index contributed by atoms with van der Waals surface area (Å²) in [5.74, 6) is -1.39. The average Bonchev–Trinajstić information content (AvgIpc) is 3.37. The second kappa shape index (κ2) is 5.60. The summed E-state index contributed by atoms with van der Waals surface area (Å²) in [5.41, 5.74) is -1.59. The molecule has 0 unspecified atom stereocenters. The predicted octanol–water partition coefficient (Wildman–Crippen LogP) is 3.69. The maximum atomic E-state index is 14.2. The Bertz CT molecular complexity index is 1300. The molecule has 0 spiro atoms.